The Labute approximate surface area is 197 Å². The molecule has 4 aliphatic rings. The molecule has 0 aliphatic heterocycles. The van der Waals surface area contributed by atoms with Crippen molar-refractivity contribution in [2.45, 2.75) is 49.9 Å². The van der Waals surface area contributed by atoms with Gasteiger partial charge < -0.3 is 10.6 Å². The molecule has 11 heteroatoms. The number of amides is 1. The van der Waals surface area contributed by atoms with E-state index in [1.165, 1.54) is 12.4 Å². The van der Waals surface area contributed by atoms with Gasteiger partial charge in [0.2, 0.25) is 5.65 Å². The minimum atomic E-state index is -4.49. The summed E-state index contributed by atoms with van der Waals surface area (Å²) in [7, 11) is 0. The lowest BCUT2D eigenvalue weighted by Gasteiger charge is -2.67. The number of benzene rings is 1. The number of pyridine rings is 1. The number of hydrogen-bond acceptors (Lipinski definition) is 6. The van der Waals surface area contributed by atoms with E-state index in [4.69, 9.17) is 5.73 Å². The lowest BCUT2D eigenvalue weighted by atomic mass is 9.48. The molecule has 178 valence electrons. The molecule has 8 nitrogen and oxygen atoms in total. The van der Waals surface area contributed by atoms with Crippen LogP contribution in [0.15, 0.2) is 36.7 Å². The Bertz CT molecular complexity index is 1530. The third kappa shape index (κ3) is 2.83. The van der Waals surface area contributed by atoms with Crippen molar-refractivity contribution in [3.8, 4) is 0 Å². The summed E-state index contributed by atoms with van der Waals surface area (Å²) >= 11 is 0. The summed E-state index contributed by atoms with van der Waals surface area (Å²) in [6.45, 7) is 0. The predicted molar refractivity (Wildman–Crippen MR) is 119 cm³/mol. The van der Waals surface area contributed by atoms with Crippen molar-refractivity contribution in [1.29, 1.82) is 0 Å². The van der Waals surface area contributed by atoms with Crippen molar-refractivity contribution in [2.24, 2.45) is 5.92 Å². The predicted octanol–water partition coefficient (Wildman–Crippen LogP) is 3.96. The van der Waals surface area contributed by atoms with E-state index < -0.39 is 11.9 Å². The van der Waals surface area contributed by atoms with Gasteiger partial charge in [-0.25, -0.2) is 9.97 Å². The lowest BCUT2D eigenvalue weighted by molar-refractivity contribution is -0.141. The zero-order chi connectivity index (χ0) is 24.1. The fourth-order valence-corrected chi connectivity index (χ4v) is 6.13. The lowest BCUT2D eigenvalue weighted by Crippen LogP contribution is -2.69. The van der Waals surface area contributed by atoms with Crippen molar-refractivity contribution in [3.63, 3.8) is 0 Å². The van der Waals surface area contributed by atoms with Crippen LogP contribution in [0.2, 0.25) is 0 Å². The number of anilines is 1. The number of carbonyl (C=O) groups excluding carboxylic acids is 1. The van der Waals surface area contributed by atoms with Crippen LogP contribution in [0, 0.1) is 5.92 Å². The molecule has 3 aromatic heterocycles. The number of rotatable bonds is 3. The summed E-state index contributed by atoms with van der Waals surface area (Å²) in [5.74, 6) is 0.732. The number of carbonyl (C=O) groups is 1. The molecule has 1 atom stereocenters. The van der Waals surface area contributed by atoms with Gasteiger partial charge in [-0.1, -0.05) is 6.07 Å². The second kappa shape index (κ2) is 6.67. The Balaban J connectivity index is 1.31. The van der Waals surface area contributed by atoms with Gasteiger partial charge in [0.15, 0.2) is 5.82 Å². The SMILES string of the molecule is Nc1nc2ccc(C(=O)N(C3CCc4nc(C(F)(F)F)ccc43)C34CC(C3)C4)cc2n2cnnc12. The monoisotopic (exact) mass is 479 g/mol. The molecule has 4 aromatic rings. The van der Waals surface area contributed by atoms with Gasteiger partial charge in [-0.05, 0) is 67.9 Å². The Hall–Kier alpha value is -3.76. The number of hydrogen-bond donors (Lipinski definition) is 1. The molecule has 1 amide bonds. The maximum atomic E-state index is 14.1. The minimum absolute atomic E-state index is 0.138. The molecule has 3 heterocycles. The molecule has 3 saturated carbocycles. The van der Waals surface area contributed by atoms with Crippen molar-refractivity contribution in [1.82, 2.24) is 29.5 Å². The van der Waals surface area contributed by atoms with Gasteiger partial charge >= 0.3 is 6.18 Å². The van der Waals surface area contributed by atoms with Gasteiger partial charge in [-0.3, -0.25) is 9.20 Å². The first-order valence-corrected chi connectivity index (χ1v) is 11.5. The van der Waals surface area contributed by atoms with Crippen LogP contribution in [0.5, 0.6) is 0 Å². The molecule has 0 saturated heterocycles. The fraction of sp³-hybridized carbons (Fsp3) is 0.375. The zero-order valence-electron chi connectivity index (χ0n) is 18.5. The number of aromatic nitrogens is 5. The van der Waals surface area contributed by atoms with Crippen LogP contribution in [-0.2, 0) is 12.6 Å². The molecular formula is C24H20F3N7O. The van der Waals surface area contributed by atoms with Crippen LogP contribution < -0.4 is 5.73 Å². The van der Waals surface area contributed by atoms with Gasteiger partial charge in [0.05, 0.1) is 17.1 Å². The smallest absolute Gasteiger partial charge is 0.381 e. The molecule has 3 fully saturated rings. The molecule has 4 aliphatic carbocycles. The van der Waals surface area contributed by atoms with Gasteiger partial charge in [-0.15, -0.1) is 10.2 Å². The van der Waals surface area contributed by atoms with Crippen molar-refractivity contribution >= 4 is 28.4 Å². The summed E-state index contributed by atoms with van der Waals surface area (Å²) in [5, 5.41) is 7.91. The molecule has 0 spiro atoms. The van der Waals surface area contributed by atoms with Gasteiger partial charge in [-0.2, -0.15) is 13.2 Å². The van der Waals surface area contributed by atoms with E-state index in [1.807, 2.05) is 4.90 Å². The first-order chi connectivity index (χ1) is 16.7. The third-order valence-corrected chi connectivity index (χ3v) is 7.86. The number of fused-ring (bicyclic) bond motifs is 4. The number of alkyl halides is 3. The summed E-state index contributed by atoms with van der Waals surface area (Å²) in [6, 6.07) is 7.47. The van der Waals surface area contributed by atoms with E-state index >= 15 is 0 Å². The van der Waals surface area contributed by atoms with E-state index in [1.54, 1.807) is 22.6 Å². The van der Waals surface area contributed by atoms with Crippen LogP contribution in [0.1, 0.15) is 59.0 Å². The standard InChI is InChI=1S/C24H20F3N7O/c25-24(26,27)19-6-2-14-15(30-19)4-5-17(14)34(23-8-12(9-23)10-23)22(35)13-1-3-16-18(7-13)33-11-29-32-21(33)20(28)31-16/h1-3,6-7,11-12,17H,4-5,8-10H2,(H2,28,31). The maximum absolute atomic E-state index is 14.1. The highest BCUT2D eigenvalue weighted by Crippen LogP contribution is 2.63. The quantitative estimate of drug-likeness (QED) is 0.477. The van der Waals surface area contributed by atoms with Gasteiger partial charge in [0.1, 0.15) is 12.0 Å². The first kappa shape index (κ1) is 20.6. The highest BCUT2D eigenvalue weighted by molar-refractivity contribution is 5.99. The third-order valence-electron chi connectivity index (χ3n) is 7.86. The second-order valence-corrected chi connectivity index (χ2v) is 9.89. The van der Waals surface area contributed by atoms with Crippen LogP contribution in [-0.4, -0.2) is 40.9 Å². The van der Waals surface area contributed by atoms with Crippen LogP contribution in [0.4, 0.5) is 19.0 Å². The largest absolute Gasteiger partial charge is 0.433 e. The Morgan fingerprint density at radius 3 is 2.66 bits per heavy atom. The molecule has 1 unspecified atom stereocenters. The molecule has 8 rings (SSSR count). The normalized spacial score (nSPS) is 24.8. The average molecular weight is 479 g/mol. The number of halogens is 3. The molecular weight excluding hydrogens is 459 g/mol. The Morgan fingerprint density at radius 1 is 1.14 bits per heavy atom. The van der Waals surface area contributed by atoms with Crippen molar-refractivity contribution in [2.75, 3.05) is 5.73 Å². The number of nitrogens with zero attached hydrogens (tertiary/aromatic N) is 6. The second-order valence-electron chi connectivity index (χ2n) is 9.89. The summed E-state index contributed by atoms with van der Waals surface area (Å²) in [5.41, 5.74) is 8.16. The number of aryl methyl sites for hydroxylation is 1. The highest BCUT2D eigenvalue weighted by Gasteiger charge is 2.63. The summed E-state index contributed by atoms with van der Waals surface area (Å²) in [6.07, 6.45) is 0.797. The van der Waals surface area contributed by atoms with E-state index in [9.17, 15) is 18.0 Å². The van der Waals surface area contributed by atoms with Crippen LogP contribution >= 0.6 is 0 Å². The Kier molecular flexibility index (Phi) is 3.93. The van der Waals surface area contributed by atoms with Gasteiger partial charge in [0, 0.05) is 16.8 Å². The number of nitrogens with two attached hydrogens (primary N) is 1. The molecule has 2 N–H and O–H groups in total. The average Bonchev–Trinajstić information content (AvgIpc) is 3.41. The molecule has 0 radical (unpaired) electrons. The van der Waals surface area contributed by atoms with E-state index in [0.29, 0.717) is 52.3 Å². The van der Waals surface area contributed by atoms with Crippen LogP contribution in [0.25, 0.3) is 16.7 Å². The van der Waals surface area contributed by atoms with E-state index in [-0.39, 0.29) is 23.3 Å². The highest BCUT2D eigenvalue weighted by atomic mass is 19.4. The molecule has 35 heavy (non-hydrogen) atoms. The zero-order valence-corrected chi connectivity index (χ0v) is 18.5. The topological polar surface area (TPSA) is 102 Å². The molecule has 1 aromatic carbocycles. The summed E-state index contributed by atoms with van der Waals surface area (Å²) < 4.78 is 41.3. The van der Waals surface area contributed by atoms with Crippen LogP contribution in [0.3, 0.4) is 0 Å². The number of nitrogen functional groups attached to an aromatic ring is 1. The first-order valence-electron chi connectivity index (χ1n) is 11.5. The Morgan fingerprint density at radius 2 is 1.94 bits per heavy atom. The fourth-order valence-electron chi connectivity index (χ4n) is 6.13. The van der Waals surface area contributed by atoms with E-state index in [0.717, 1.165) is 25.3 Å². The minimum Gasteiger partial charge on any atom is -0.381 e. The van der Waals surface area contributed by atoms with E-state index in [2.05, 4.69) is 20.2 Å². The van der Waals surface area contributed by atoms with Gasteiger partial charge in [0.25, 0.3) is 5.91 Å². The summed E-state index contributed by atoms with van der Waals surface area (Å²) in [4.78, 5) is 24.3. The van der Waals surface area contributed by atoms with Crippen molar-refractivity contribution < 1.29 is 18.0 Å². The maximum Gasteiger partial charge on any atom is 0.433 e. The molecule has 2 bridgehead atoms. The van der Waals surface area contributed by atoms with Crippen molar-refractivity contribution in [3.05, 3.63) is 59.2 Å².